The Morgan fingerprint density at radius 1 is 1.50 bits per heavy atom. The third-order valence-corrected chi connectivity index (χ3v) is 3.38. The Labute approximate surface area is 82.2 Å². The second-order valence-corrected chi connectivity index (χ2v) is 4.53. The Bertz CT molecular complexity index is 294. The van der Waals surface area contributed by atoms with Gasteiger partial charge in [-0.15, -0.1) is 0 Å². The summed E-state index contributed by atoms with van der Waals surface area (Å²) < 4.78 is 5.11. The van der Waals surface area contributed by atoms with Crippen molar-refractivity contribution in [3.8, 4) is 0 Å². The third kappa shape index (κ3) is 1.25. The number of fused-ring (bicyclic) bond motifs is 1. The Morgan fingerprint density at radius 3 is 2.79 bits per heavy atom. The molecule has 2 rings (SSSR count). The molecule has 2 fully saturated rings. The van der Waals surface area contributed by atoms with E-state index in [0.717, 1.165) is 0 Å². The van der Waals surface area contributed by atoms with Crippen LogP contribution in [0.5, 0.6) is 0 Å². The number of esters is 1. The quantitative estimate of drug-likeness (QED) is 0.568. The predicted molar refractivity (Wildman–Crippen MR) is 47.4 cm³/mol. The maximum Gasteiger partial charge on any atom is 0.309 e. The van der Waals surface area contributed by atoms with Crippen LogP contribution in [0.4, 0.5) is 0 Å². The monoisotopic (exact) mass is 198 g/mol. The van der Waals surface area contributed by atoms with Crippen molar-refractivity contribution in [2.24, 2.45) is 11.8 Å². The molecule has 4 heteroatoms. The minimum absolute atomic E-state index is 0.0322. The topological polar surface area (TPSA) is 63.6 Å². The van der Waals surface area contributed by atoms with Gasteiger partial charge >= 0.3 is 5.97 Å². The fraction of sp³-hybridized carbons (Fsp3) is 0.800. The van der Waals surface area contributed by atoms with Gasteiger partial charge in [0.1, 0.15) is 11.7 Å². The van der Waals surface area contributed by atoms with Gasteiger partial charge in [-0.1, -0.05) is 6.92 Å². The first-order chi connectivity index (χ1) is 6.42. The summed E-state index contributed by atoms with van der Waals surface area (Å²) in [5, 5.41) is 9.72. The Balaban J connectivity index is 2.22. The highest BCUT2D eigenvalue weighted by Gasteiger charge is 2.51. The molecule has 1 saturated carbocycles. The first-order valence-corrected chi connectivity index (χ1v) is 4.88. The van der Waals surface area contributed by atoms with Gasteiger partial charge in [-0.2, -0.15) is 0 Å². The number of ether oxygens (including phenoxy) is 1. The van der Waals surface area contributed by atoms with E-state index in [9.17, 15) is 14.7 Å². The van der Waals surface area contributed by atoms with Gasteiger partial charge in [-0.25, -0.2) is 0 Å². The van der Waals surface area contributed by atoms with Crippen molar-refractivity contribution >= 4 is 11.8 Å². The molecule has 2 aliphatic rings. The molecule has 0 aromatic rings. The zero-order chi connectivity index (χ0) is 10.5. The number of rotatable bonds is 0. The molecular formula is C10H14O4. The van der Waals surface area contributed by atoms with E-state index in [1.165, 1.54) is 6.92 Å². The van der Waals surface area contributed by atoms with Gasteiger partial charge in [-0.3, -0.25) is 9.59 Å². The number of ketones is 1. The van der Waals surface area contributed by atoms with Crippen molar-refractivity contribution < 1.29 is 19.4 Å². The van der Waals surface area contributed by atoms with Crippen molar-refractivity contribution in [1.29, 1.82) is 0 Å². The van der Waals surface area contributed by atoms with Crippen LogP contribution in [0.2, 0.25) is 0 Å². The number of aliphatic hydroxyl groups is 1. The van der Waals surface area contributed by atoms with Gasteiger partial charge in [0.15, 0.2) is 5.78 Å². The van der Waals surface area contributed by atoms with Crippen LogP contribution in [0, 0.1) is 11.8 Å². The second-order valence-electron chi connectivity index (χ2n) is 4.53. The highest BCUT2D eigenvalue weighted by atomic mass is 16.6. The van der Waals surface area contributed by atoms with Crippen molar-refractivity contribution in [2.75, 3.05) is 0 Å². The van der Waals surface area contributed by atoms with Crippen LogP contribution in [-0.2, 0) is 14.3 Å². The van der Waals surface area contributed by atoms with E-state index in [1.54, 1.807) is 6.92 Å². The number of carbonyl (C=O) groups excluding carboxylic acids is 2. The molecule has 78 valence electrons. The lowest BCUT2D eigenvalue weighted by molar-refractivity contribution is -0.153. The summed E-state index contributed by atoms with van der Waals surface area (Å²) in [6.45, 7) is 3.27. The van der Waals surface area contributed by atoms with Crippen LogP contribution in [0.15, 0.2) is 0 Å². The average molecular weight is 198 g/mol. The van der Waals surface area contributed by atoms with E-state index in [1.807, 2.05) is 0 Å². The van der Waals surface area contributed by atoms with Gasteiger partial charge in [0.2, 0.25) is 0 Å². The van der Waals surface area contributed by atoms with Crippen LogP contribution in [0.3, 0.4) is 0 Å². The van der Waals surface area contributed by atoms with Crippen molar-refractivity contribution in [1.82, 2.24) is 0 Å². The van der Waals surface area contributed by atoms with Crippen LogP contribution in [0.1, 0.15) is 26.7 Å². The molecule has 1 saturated heterocycles. The van der Waals surface area contributed by atoms with Crippen LogP contribution >= 0.6 is 0 Å². The van der Waals surface area contributed by atoms with Crippen molar-refractivity contribution in [3.63, 3.8) is 0 Å². The fourth-order valence-corrected chi connectivity index (χ4v) is 2.28. The van der Waals surface area contributed by atoms with Crippen LogP contribution in [0.25, 0.3) is 0 Å². The van der Waals surface area contributed by atoms with Gasteiger partial charge < -0.3 is 9.84 Å². The van der Waals surface area contributed by atoms with Crippen molar-refractivity contribution in [3.05, 3.63) is 0 Å². The molecule has 0 aromatic carbocycles. The van der Waals surface area contributed by atoms with Gasteiger partial charge in [0.05, 0.1) is 5.92 Å². The molecule has 1 aliphatic carbocycles. The molecule has 4 unspecified atom stereocenters. The third-order valence-electron chi connectivity index (χ3n) is 3.38. The molecule has 0 bridgehead atoms. The predicted octanol–water partition coefficient (Wildman–Crippen LogP) is 0.278. The van der Waals surface area contributed by atoms with E-state index in [4.69, 9.17) is 4.74 Å². The molecule has 14 heavy (non-hydrogen) atoms. The van der Waals surface area contributed by atoms with E-state index < -0.39 is 5.60 Å². The zero-order valence-electron chi connectivity index (χ0n) is 8.32. The summed E-state index contributed by atoms with van der Waals surface area (Å²) in [6, 6.07) is 0. The second kappa shape index (κ2) is 2.79. The van der Waals surface area contributed by atoms with Crippen molar-refractivity contribution in [2.45, 2.75) is 38.4 Å². The van der Waals surface area contributed by atoms with E-state index >= 15 is 0 Å². The molecule has 0 spiro atoms. The smallest absolute Gasteiger partial charge is 0.309 e. The Kier molecular flexibility index (Phi) is 1.93. The van der Waals surface area contributed by atoms with Gasteiger partial charge in [-0.05, 0) is 6.92 Å². The first-order valence-electron chi connectivity index (χ1n) is 4.88. The summed E-state index contributed by atoms with van der Waals surface area (Å²) in [6.07, 6.45) is 0.224. The largest absolute Gasteiger partial charge is 0.462 e. The SMILES string of the molecule is CC1C(=O)OC2CC(C)(O)C(=O)CC21. The molecule has 1 heterocycles. The summed E-state index contributed by atoms with van der Waals surface area (Å²) in [4.78, 5) is 22.7. The van der Waals surface area contributed by atoms with Crippen LogP contribution < -0.4 is 0 Å². The van der Waals surface area contributed by atoms with Gasteiger partial charge in [0.25, 0.3) is 0 Å². The Hall–Kier alpha value is -0.900. The molecule has 1 aliphatic heterocycles. The van der Waals surface area contributed by atoms with E-state index in [2.05, 4.69) is 0 Å². The molecule has 4 nitrogen and oxygen atoms in total. The standard InChI is InChI=1S/C10H14O4/c1-5-6-3-8(11)10(2,13)4-7(6)14-9(5)12/h5-7,13H,3-4H2,1-2H3. The number of carbonyl (C=O) groups is 2. The molecule has 0 aromatic heterocycles. The normalized spacial score (nSPS) is 47.5. The molecule has 1 N–H and O–H groups in total. The molecule has 4 atom stereocenters. The van der Waals surface area contributed by atoms with Gasteiger partial charge in [0, 0.05) is 18.8 Å². The lowest BCUT2D eigenvalue weighted by Crippen LogP contribution is -2.47. The first kappa shape index (κ1) is 9.65. The highest BCUT2D eigenvalue weighted by Crippen LogP contribution is 2.40. The number of Topliss-reactive ketones (excluding diaryl/α,β-unsaturated/α-hetero) is 1. The lowest BCUT2D eigenvalue weighted by Gasteiger charge is -2.33. The average Bonchev–Trinajstić information content (AvgIpc) is 2.31. The Morgan fingerprint density at radius 2 is 2.14 bits per heavy atom. The maximum atomic E-state index is 11.5. The number of hydrogen-bond acceptors (Lipinski definition) is 4. The minimum Gasteiger partial charge on any atom is -0.462 e. The summed E-state index contributed by atoms with van der Waals surface area (Å²) in [5.74, 6) is -0.662. The highest BCUT2D eigenvalue weighted by molar-refractivity contribution is 5.89. The minimum atomic E-state index is -1.31. The molecule has 0 amide bonds. The molecular weight excluding hydrogens is 184 g/mol. The molecule has 0 radical (unpaired) electrons. The number of hydrogen-bond donors (Lipinski definition) is 1. The zero-order valence-corrected chi connectivity index (χ0v) is 8.32. The fourth-order valence-electron chi connectivity index (χ4n) is 2.28. The van der Waals surface area contributed by atoms with E-state index in [-0.39, 0.29) is 42.5 Å². The lowest BCUT2D eigenvalue weighted by atomic mass is 9.74. The summed E-state index contributed by atoms with van der Waals surface area (Å²) >= 11 is 0. The summed E-state index contributed by atoms with van der Waals surface area (Å²) in [5.41, 5.74) is -1.31. The van der Waals surface area contributed by atoms with E-state index in [0.29, 0.717) is 0 Å². The summed E-state index contributed by atoms with van der Waals surface area (Å²) in [7, 11) is 0. The maximum absolute atomic E-state index is 11.5. The van der Waals surface area contributed by atoms with Crippen LogP contribution in [-0.4, -0.2) is 28.6 Å².